The standard InChI is InChI=1S/C13H12N4S/c1-8-2-4-9(5-3-8)11-15-12(17-14)10-6-7-18-13(10)16-11/h2-7H,14H2,1H3,(H,15,16,17). The van der Waals surface area contributed by atoms with Crippen LogP contribution in [0.5, 0.6) is 0 Å². The average molecular weight is 256 g/mol. The Bertz CT molecular complexity index is 688. The van der Waals surface area contributed by atoms with E-state index in [1.807, 2.05) is 35.7 Å². The van der Waals surface area contributed by atoms with E-state index in [0.717, 1.165) is 15.8 Å². The van der Waals surface area contributed by atoms with Gasteiger partial charge in [0.25, 0.3) is 0 Å². The summed E-state index contributed by atoms with van der Waals surface area (Å²) in [6.07, 6.45) is 0. The molecule has 0 saturated carbocycles. The van der Waals surface area contributed by atoms with E-state index in [1.165, 1.54) is 5.56 Å². The van der Waals surface area contributed by atoms with Gasteiger partial charge in [0.05, 0.1) is 5.39 Å². The van der Waals surface area contributed by atoms with Gasteiger partial charge < -0.3 is 5.43 Å². The van der Waals surface area contributed by atoms with Gasteiger partial charge in [-0.1, -0.05) is 29.8 Å². The number of aryl methyl sites for hydroxylation is 1. The average Bonchev–Trinajstić information content (AvgIpc) is 2.86. The molecule has 90 valence electrons. The number of hydrogen-bond acceptors (Lipinski definition) is 5. The number of hydrogen-bond donors (Lipinski definition) is 2. The van der Waals surface area contributed by atoms with Crippen molar-refractivity contribution in [3.05, 3.63) is 41.3 Å². The Morgan fingerprint density at radius 1 is 1.11 bits per heavy atom. The van der Waals surface area contributed by atoms with E-state index in [1.54, 1.807) is 11.3 Å². The summed E-state index contributed by atoms with van der Waals surface area (Å²) in [5.74, 6) is 6.87. The number of nitrogens with zero attached hydrogens (tertiary/aromatic N) is 2. The Morgan fingerprint density at radius 3 is 2.61 bits per heavy atom. The lowest BCUT2D eigenvalue weighted by atomic mass is 10.1. The Balaban J connectivity index is 2.19. The van der Waals surface area contributed by atoms with Crippen LogP contribution in [0.4, 0.5) is 5.82 Å². The third kappa shape index (κ3) is 1.83. The van der Waals surface area contributed by atoms with Crippen molar-refractivity contribution in [1.82, 2.24) is 9.97 Å². The molecule has 3 N–H and O–H groups in total. The SMILES string of the molecule is Cc1ccc(-c2nc(NN)c3ccsc3n2)cc1. The molecule has 0 radical (unpaired) electrons. The Hall–Kier alpha value is -1.98. The molecular formula is C13H12N4S. The number of nitrogens with one attached hydrogen (secondary N) is 1. The Kier molecular flexibility index (Phi) is 2.70. The van der Waals surface area contributed by atoms with Crippen LogP contribution in [0.1, 0.15) is 5.56 Å². The highest BCUT2D eigenvalue weighted by molar-refractivity contribution is 7.16. The van der Waals surface area contributed by atoms with Crippen LogP contribution in [-0.2, 0) is 0 Å². The zero-order valence-corrected chi connectivity index (χ0v) is 10.7. The number of benzene rings is 1. The van der Waals surface area contributed by atoms with Gasteiger partial charge in [-0.25, -0.2) is 15.8 Å². The smallest absolute Gasteiger partial charge is 0.163 e. The van der Waals surface area contributed by atoms with E-state index >= 15 is 0 Å². The van der Waals surface area contributed by atoms with Crippen LogP contribution in [-0.4, -0.2) is 9.97 Å². The summed E-state index contributed by atoms with van der Waals surface area (Å²) in [5.41, 5.74) is 4.84. The molecule has 3 rings (SSSR count). The fourth-order valence-electron chi connectivity index (χ4n) is 1.80. The molecule has 2 aromatic heterocycles. The predicted octanol–water partition coefficient (Wildman–Crippen LogP) is 2.95. The van der Waals surface area contributed by atoms with Gasteiger partial charge in [0.15, 0.2) is 11.6 Å². The molecule has 18 heavy (non-hydrogen) atoms. The topological polar surface area (TPSA) is 63.8 Å². The van der Waals surface area contributed by atoms with Gasteiger partial charge in [-0.15, -0.1) is 11.3 Å². The van der Waals surface area contributed by atoms with Crippen LogP contribution < -0.4 is 11.3 Å². The summed E-state index contributed by atoms with van der Waals surface area (Å²) >= 11 is 1.58. The van der Waals surface area contributed by atoms with Crippen LogP contribution in [0.15, 0.2) is 35.7 Å². The van der Waals surface area contributed by atoms with E-state index < -0.39 is 0 Å². The van der Waals surface area contributed by atoms with Crippen molar-refractivity contribution in [2.24, 2.45) is 5.84 Å². The second-order valence-corrected chi connectivity index (χ2v) is 4.94. The second-order valence-electron chi connectivity index (χ2n) is 4.05. The van der Waals surface area contributed by atoms with Crippen LogP contribution in [0.25, 0.3) is 21.6 Å². The highest BCUT2D eigenvalue weighted by atomic mass is 32.1. The minimum absolute atomic E-state index is 0.664. The molecular weight excluding hydrogens is 244 g/mol. The fraction of sp³-hybridized carbons (Fsp3) is 0.0769. The number of nitrogens with two attached hydrogens (primary N) is 1. The van der Waals surface area contributed by atoms with Crippen molar-refractivity contribution in [2.75, 3.05) is 5.43 Å². The summed E-state index contributed by atoms with van der Waals surface area (Å²) in [6.45, 7) is 2.06. The summed E-state index contributed by atoms with van der Waals surface area (Å²) in [7, 11) is 0. The molecule has 0 saturated heterocycles. The van der Waals surface area contributed by atoms with E-state index in [4.69, 9.17) is 5.84 Å². The molecule has 2 heterocycles. The van der Waals surface area contributed by atoms with Gasteiger partial charge in [-0.2, -0.15) is 0 Å². The molecule has 0 aliphatic carbocycles. The molecule has 0 amide bonds. The Morgan fingerprint density at radius 2 is 1.89 bits per heavy atom. The van der Waals surface area contributed by atoms with Crippen molar-refractivity contribution >= 4 is 27.4 Å². The highest BCUT2D eigenvalue weighted by Crippen LogP contribution is 2.27. The molecule has 0 bridgehead atoms. The first-order valence-corrected chi connectivity index (χ1v) is 6.45. The normalized spacial score (nSPS) is 10.8. The van der Waals surface area contributed by atoms with E-state index in [9.17, 15) is 0 Å². The largest absolute Gasteiger partial charge is 0.308 e. The summed E-state index contributed by atoms with van der Waals surface area (Å²) in [5, 5.41) is 2.94. The zero-order chi connectivity index (χ0) is 12.5. The van der Waals surface area contributed by atoms with Crippen molar-refractivity contribution in [1.29, 1.82) is 0 Å². The van der Waals surface area contributed by atoms with Crippen molar-refractivity contribution in [3.8, 4) is 11.4 Å². The first-order valence-electron chi connectivity index (χ1n) is 5.57. The second kappa shape index (κ2) is 4.36. The first-order chi connectivity index (χ1) is 8.78. The molecule has 1 aromatic carbocycles. The van der Waals surface area contributed by atoms with Gasteiger partial charge in [-0.3, -0.25) is 0 Å². The number of nitrogen functional groups attached to an aromatic ring is 1. The molecule has 5 heteroatoms. The molecule has 0 unspecified atom stereocenters. The maximum absolute atomic E-state index is 5.51. The van der Waals surface area contributed by atoms with Crippen molar-refractivity contribution in [3.63, 3.8) is 0 Å². The minimum Gasteiger partial charge on any atom is -0.308 e. The molecule has 0 fully saturated rings. The van der Waals surface area contributed by atoms with Gasteiger partial charge in [0.2, 0.25) is 0 Å². The van der Waals surface area contributed by atoms with Crippen LogP contribution in [0.2, 0.25) is 0 Å². The fourth-order valence-corrected chi connectivity index (χ4v) is 2.56. The maximum atomic E-state index is 5.51. The summed E-state index contributed by atoms with van der Waals surface area (Å²) < 4.78 is 0. The molecule has 0 aliphatic rings. The first kappa shape index (κ1) is 11.1. The van der Waals surface area contributed by atoms with Gasteiger partial charge in [0.1, 0.15) is 4.83 Å². The number of thiophene rings is 1. The lowest BCUT2D eigenvalue weighted by Crippen LogP contribution is -2.09. The maximum Gasteiger partial charge on any atom is 0.163 e. The minimum atomic E-state index is 0.664. The Labute approximate surface area is 108 Å². The molecule has 0 aliphatic heterocycles. The summed E-state index contributed by atoms with van der Waals surface area (Å²) in [4.78, 5) is 9.95. The predicted molar refractivity (Wildman–Crippen MR) is 75.4 cm³/mol. The molecule has 3 aromatic rings. The highest BCUT2D eigenvalue weighted by Gasteiger charge is 2.09. The third-order valence-electron chi connectivity index (χ3n) is 2.77. The monoisotopic (exact) mass is 256 g/mol. The lowest BCUT2D eigenvalue weighted by molar-refractivity contribution is 1.19. The van der Waals surface area contributed by atoms with Gasteiger partial charge in [-0.05, 0) is 18.4 Å². The number of anilines is 1. The number of aromatic nitrogens is 2. The van der Waals surface area contributed by atoms with Crippen LogP contribution in [0, 0.1) is 6.92 Å². The quantitative estimate of drug-likeness (QED) is 0.546. The molecule has 0 atom stereocenters. The third-order valence-corrected chi connectivity index (χ3v) is 3.58. The summed E-state index contributed by atoms with van der Waals surface area (Å²) in [6, 6.07) is 10.1. The van der Waals surface area contributed by atoms with Crippen LogP contribution in [0.3, 0.4) is 0 Å². The van der Waals surface area contributed by atoms with Gasteiger partial charge >= 0.3 is 0 Å². The van der Waals surface area contributed by atoms with Crippen molar-refractivity contribution < 1.29 is 0 Å². The zero-order valence-electron chi connectivity index (χ0n) is 9.84. The number of rotatable bonds is 2. The van der Waals surface area contributed by atoms with E-state index in [-0.39, 0.29) is 0 Å². The number of hydrazine groups is 1. The van der Waals surface area contributed by atoms with E-state index in [2.05, 4.69) is 22.3 Å². The lowest BCUT2D eigenvalue weighted by Gasteiger charge is -2.05. The van der Waals surface area contributed by atoms with Crippen LogP contribution >= 0.6 is 11.3 Å². The van der Waals surface area contributed by atoms with Crippen molar-refractivity contribution in [2.45, 2.75) is 6.92 Å². The van der Waals surface area contributed by atoms with Gasteiger partial charge in [0, 0.05) is 5.56 Å². The van der Waals surface area contributed by atoms with E-state index in [0.29, 0.717) is 11.6 Å². The number of fused-ring (bicyclic) bond motifs is 1. The molecule has 0 spiro atoms. The molecule has 4 nitrogen and oxygen atoms in total.